The van der Waals surface area contributed by atoms with Gasteiger partial charge in [-0.05, 0) is 18.9 Å². The van der Waals surface area contributed by atoms with Crippen LogP contribution in [0.4, 0.5) is 26.3 Å². The molecule has 1 fully saturated rings. The summed E-state index contributed by atoms with van der Waals surface area (Å²) in [6, 6.07) is 2.43. The Morgan fingerprint density at radius 3 is 2.47 bits per heavy atom. The zero-order valence-corrected chi connectivity index (χ0v) is 20.0. The topological polar surface area (TPSA) is 132 Å². The van der Waals surface area contributed by atoms with E-state index in [9.17, 15) is 44.8 Å². The van der Waals surface area contributed by atoms with Crippen LogP contribution in [0.5, 0.6) is 0 Å². The Bertz CT molecular complexity index is 1650. The number of rotatable bonds is 7. The van der Waals surface area contributed by atoms with Gasteiger partial charge in [0, 0.05) is 30.1 Å². The normalized spacial score (nSPS) is 15.1. The van der Waals surface area contributed by atoms with Gasteiger partial charge in [0.2, 0.25) is 6.61 Å². The summed E-state index contributed by atoms with van der Waals surface area (Å²) in [4.78, 5) is 24.5. The monoisotopic (exact) mass is 562 g/mol. The van der Waals surface area contributed by atoms with Crippen LogP contribution >= 0.6 is 0 Å². The lowest BCUT2D eigenvalue weighted by Gasteiger charge is -2.14. The second kappa shape index (κ2) is 9.42. The first kappa shape index (κ1) is 27.1. The Kier molecular flexibility index (Phi) is 6.72. The molecule has 1 aliphatic carbocycles. The molecule has 0 unspecified atom stereocenters. The van der Waals surface area contributed by atoms with E-state index in [1.165, 1.54) is 13.0 Å². The van der Waals surface area contributed by atoms with Crippen LogP contribution < -0.4 is 5.69 Å². The Balaban J connectivity index is 1.87. The molecule has 3 aromatic rings. The molecule has 1 aliphatic rings. The summed E-state index contributed by atoms with van der Waals surface area (Å²) < 4.78 is 105. The van der Waals surface area contributed by atoms with Crippen molar-refractivity contribution in [1.82, 2.24) is 18.9 Å². The fourth-order valence-electron chi connectivity index (χ4n) is 3.55. The van der Waals surface area contributed by atoms with Crippen molar-refractivity contribution in [2.45, 2.75) is 43.1 Å². The average molecular weight is 562 g/mol. The molecule has 0 aliphatic heterocycles. The maximum atomic E-state index is 13.6. The fraction of sp³-hybridized carbons (Fsp3) is 0.381. The number of nitriles is 1. The van der Waals surface area contributed by atoms with Crippen molar-refractivity contribution in [3.63, 3.8) is 0 Å². The molecule has 17 heteroatoms. The molecule has 3 aromatic heterocycles. The summed E-state index contributed by atoms with van der Waals surface area (Å²) in [6.45, 7) is -0.519. The van der Waals surface area contributed by atoms with E-state index in [2.05, 4.69) is 20.0 Å². The predicted molar refractivity (Wildman–Crippen MR) is 118 cm³/mol. The Labute approximate surface area is 209 Å². The van der Waals surface area contributed by atoms with E-state index in [0.717, 1.165) is 22.9 Å². The van der Waals surface area contributed by atoms with Gasteiger partial charge in [0.05, 0.1) is 10.6 Å². The molecule has 1 saturated carbocycles. The van der Waals surface area contributed by atoms with Crippen LogP contribution in [0.15, 0.2) is 39.4 Å². The van der Waals surface area contributed by atoms with Crippen molar-refractivity contribution in [3.05, 3.63) is 46.3 Å². The van der Waals surface area contributed by atoms with Gasteiger partial charge in [-0.2, -0.15) is 31.6 Å². The molecule has 0 spiro atoms. The SMILES string of the molecule is CCS(=O)(=O)c1cc(/C(C#N)=N/OCC(F)(F)F)cnc1-c1cn2c(=O)n(C3CC3)c(C(F)(F)F)cc2n1. The smallest absolute Gasteiger partial charge is 0.385 e. The molecule has 3 heterocycles. The Morgan fingerprint density at radius 2 is 1.92 bits per heavy atom. The van der Waals surface area contributed by atoms with Crippen LogP contribution in [0.3, 0.4) is 0 Å². The van der Waals surface area contributed by atoms with Crippen molar-refractivity contribution < 1.29 is 39.6 Å². The minimum atomic E-state index is -4.85. The maximum absolute atomic E-state index is 13.6. The number of imidazole rings is 1. The number of oxime groups is 1. The highest BCUT2D eigenvalue weighted by atomic mass is 32.2. The van der Waals surface area contributed by atoms with Gasteiger partial charge in [0.25, 0.3) is 0 Å². The summed E-state index contributed by atoms with van der Waals surface area (Å²) in [5, 5.41) is 12.4. The third-order valence-corrected chi connectivity index (χ3v) is 7.19. The molecule has 38 heavy (non-hydrogen) atoms. The number of sulfone groups is 1. The molecule has 202 valence electrons. The van der Waals surface area contributed by atoms with E-state index in [1.54, 1.807) is 0 Å². The van der Waals surface area contributed by atoms with Crippen molar-refractivity contribution in [1.29, 1.82) is 5.26 Å². The number of halogens is 6. The van der Waals surface area contributed by atoms with E-state index in [4.69, 9.17) is 0 Å². The van der Waals surface area contributed by atoms with E-state index in [-0.39, 0.29) is 17.0 Å². The Morgan fingerprint density at radius 1 is 1.24 bits per heavy atom. The second-order valence-corrected chi connectivity index (χ2v) is 10.4. The van der Waals surface area contributed by atoms with Gasteiger partial charge >= 0.3 is 18.0 Å². The average Bonchev–Trinajstić information content (AvgIpc) is 3.57. The zero-order valence-electron chi connectivity index (χ0n) is 19.2. The summed E-state index contributed by atoms with van der Waals surface area (Å²) in [7, 11) is -4.14. The lowest BCUT2D eigenvalue weighted by molar-refractivity contribution is -0.173. The lowest BCUT2D eigenvalue weighted by atomic mass is 10.1. The summed E-state index contributed by atoms with van der Waals surface area (Å²) in [5.74, 6) is -0.477. The van der Waals surface area contributed by atoms with Crippen LogP contribution in [0.1, 0.15) is 37.1 Å². The molecule has 0 aromatic carbocycles. The lowest BCUT2D eigenvalue weighted by Crippen LogP contribution is -2.31. The first-order valence-corrected chi connectivity index (χ1v) is 12.4. The number of nitrogens with zero attached hydrogens (tertiary/aromatic N) is 6. The minimum absolute atomic E-state index is 0.258. The summed E-state index contributed by atoms with van der Waals surface area (Å²) in [5.41, 5.74) is -4.24. The number of fused-ring (bicyclic) bond motifs is 1. The summed E-state index contributed by atoms with van der Waals surface area (Å²) in [6.07, 6.45) is -6.87. The van der Waals surface area contributed by atoms with Gasteiger partial charge in [-0.25, -0.2) is 18.2 Å². The highest BCUT2D eigenvalue weighted by Gasteiger charge is 2.40. The first-order chi connectivity index (χ1) is 17.7. The Hall–Kier alpha value is -3.94. The summed E-state index contributed by atoms with van der Waals surface area (Å²) >= 11 is 0. The van der Waals surface area contributed by atoms with E-state index >= 15 is 0 Å². The van der Waals surface area contributed by atoms with E-state index in [0.29, 0.717) is 23.5 Å². The van der Waals surface area contributed by atoms with E-state index < -0.39 is 68.2 Å². The third kappa shape index (κ3) is 5.35. The van der Waals surface area contributed by atoms with Crippen molar-refractivity contribution in [2.75, 3.05) is 12.4 Å². The molecular weight excluding hydrogens is 546 g/mol. The van der Waals surface area contributed by atoms with Crippen LogP contribution in [0.25, 0.3) is 17.0 Å². The highest BCUT2D eigenvalue weighted by molar-refractivity contribution is 7.91. The van der Waals surface area contributed by atoms with Crippen LogP contribution in [-0.2, 0) is 20.9 Å². The molecule has 0 N–H and O–H groups in total. The fourth-order valence-corrected chi connectivity index (χ4v) is 4.61. The van der Waals surface area contributed by atoms with Gasteiger partial charge in [-0.3, -0.25) is 14.0 Å². The molecule has 0 radical (unpaired) electrons. The van der Waals surface area contributed by atoms with Crippen LogP contribution in [0, 0.1) is 11.3 Å². The number of hydrogen-bond donors (Lipinski definition) is 0. The quantitative estimate of drug-likeness (QED) is 0.245. The van der Waals surface area contributed by atoms with Gasteiger partial charge in [-0.15, -0.1) is 0 Å². The van der Waals surface area contributed by atoms with E-state index in [1.807, 2.05) is 0 Å². The maximum Gasteiger partial charge on any atom is 0.431 e. The largest absolute Gasteiger partial charge is 0.431 e. The number of hydrogen-bond acceptors (Lipinski definition) is 8. The minimum Gasteiger partial charge on any atom is -0.385 e. The predicted octanol–water partition coefficient (Wildman–Crippen LogP) is 3.51. The zero-order chi connectivity index (χ0) is 28.0. The molecule has 4 rings (SSSR count). The standard InChI is InChI=1S/C21H16F6N6O4S/c1-2-38(35,36)15-5-11(13(7-28)31-37-10-20(22,23)24)8-29-18(15)14-9-32-17(30-14)6-16(21(25,26)27)33(19(32)34)12-3-4-12/h5-6,8-9,12H,2-4,10H2,1H3/b31-13+. The molecular formula is C21H16F6N6O4S. The highest BCUT2D eigenvalue weighted by Crippen LogP contribution is 2.39. The van der Waals surface area contributed by atoms with Gasteiger partial charge < -0.3 is 4.84 Å². The van der Waals surface area contributed by atoms with Gasteiger partial charge in [-0.1, -0.05) is 12.1 Å². The van der Waals surface area contributed by atoms with Gasteiger partial charge in [0.1, 0.15) is 28.8 Å². The van der Waals surface area contributed by atoms with Crippen molar-refractivity contribution in [2.24, 2.45) is 5.16 Å². The van der Waals surface area contributed by atoms with Crippen molar-refractivity contribution >= 4 is 21.2 Å². The van der Waals surface area contributed by atoms with Crippen LogP contribution in [0.2, 0.25) is 0 Å². The molecule has 0 atom stereocenters. The second-order valence-electron chi connectivity index (χ2n) is 8.18. The van der Waals surface area contributed by atoms with Gasteiger partial charge in [0.15, 0.2) is 15.5 Å². The number of pyridine rings is 1. The van der Waals surface area contributed by atoms with Crippen molar-refractivity contribution in [3.8, 4) is 17.5 Å². The van der Waals surface area contributed by atoms with Crippen LogP contribution in [-0.4, -0.2) is 51.6 Å². The number of aromatic nitrogens is 4. The molecule has 0 bridgehead atoms. The molecule has 10 nitrogen and oxygen atoms in total. The molecule has 0 amide bonds. The number of alkyl halides is 6. The first-order valence-electron chi connectivity index (χ1n) is 10.8. The third-order valence-electron chi connectivity index (χ3n) is 5.45. The molecule has 0 saturated heterocycles.